The molecule has 1 aliphatic carbocycles. The Morgan fingerprint density at radius 1 is 1.21 bits per heavy atom. The molecule has 5 nitrogen and oxygen atoms in total. The van der Waals surface area contributed by atoms with Crippen LogP contribution in [0.1, 0.15) is 44.1 Å². The number of carbonyl (C=O) groups excluding carboxylic acids is 2. The molecule has 0 unspecified atom stereocenters. The van der Waals surface area contributed by atoms with Gasteiger partial charge in [0, 0.05) is 12.6 Å². The quantitative estimate of drug-likeness (QED) is 0.892. The van der Waals surface area contributed by atoms with Gasteiger partial charge >= 0.3 is 0 Å². The van der Waals surface area contributed by atoms with E-state index in [2.05, 4.69) is 29.6 Å². The van der Waals surface area contributed by atoms with Crippen molar-refractivity contribution >= 4 is 11.8 Å². The summed E-state index contributed by atoms with van der Waals surface area (Å²) in [5, 5.41) is 12.9. The van der Waals surface area contributed by atoms with E-state index < -0.39 is 11.7 Å². The first-order valence-electron chi connectivity index (χ1n) is 8.67. The fourth-order valence-corrected chi connectivity index (χ4v) is 3.62. The molecular formula is C19H24N2O3. The first kappa shape index (κ1) is 16.6. The number of benzene rings is 1. The van der Waals surface area contributed by atoms with Crippen molar-refractivity contribution in [3.63, 3.8) is 0 Å². The number of nitrogens with zero attached hydrogens (tertiary/aromatic N) is 1. The van der Waals surface area contributed by atoms with Gasteiger partial charge in [0.1, 0.15) is 0 Å². The second-order valence-electron chi connectivity index (χ2n) is 6.58. The highest BCUT2D eigenvalue weighted by Crippen LogP contribution is 2.32. The monoisotopic (exact) mass is 328 g/mol. The number of aliphatic hydroxyl groups excluding tert-OH is 1. The van der Waals surface area contributed by atoms with Crippen LogP contribution in [0.25, 0.3) is 0 Å². The lowest BCUT2D eigenvalue weighted by atomic mass is 9.82. The Bertz CT molecular complexity index is 646. The minimum absolute atomic E-state index is 0.114. The molecule has 1 fully saturated rings. The molecule has 0 atom stereocenters. The summed E-state index contributed by atoms with van der Waals surface area (Å²) >= 11 is 0. The third kappa shape index (κ3) is 3.30. The lowest BCUT2D eigenvalue weighted by Crippen LogP contribution is -2.39. The molecule has 24 heavy (non-hydrogen) atoms. The van der Waals surface area contributed by atoms with E-state index >= 15 is 0 Å². The predicted molar refractivity (Wildman–Crippen MR) is 91.5 cm³/mol. The van der Waals surface area contributed by atoms with E-state index in [0.29, 0.717) is 12.5 Å². The first-order valence-corrected chi connectivity index (χ1v) is 8.67. The highest BCUT2D eigenvalue weighted by molar-refractivity contribution is 6.07. The zero-order valence-corrected chi connectivity index (χ0v) is 14.0. The molecule has 0 spiro atoms. The highest BCUT2D eigenvalue weighted by atomic mass is 16.3. The van der Waals surface area contributed by atoms with Gasteiger partial charge in [-0.2, -0.15) is 0 Å². The number of nitrogens with one attached hydrogen (secondary N) is 1. The zero-order valence-electron chi connectivity index (χ0n) is 14.0. The minimum Gasteiger partial charge on any atom is -0.503 e. The van der Waals surface area contributed by atoms with Crippen LogP contribution < -0.4 is 5.32 Å². The third-order valence-corrected chi connectivity index (χ3v) is 5.11. The summed E-state index contributed by atoms with van der Waals surface area (Å²) in [7, 11) is 0. The fraction of sp³-hybridized carbons (Fsp3) is 0.474. The molecule has 1 heterocycles. The summed E-state index contributed by atoms with van der Waals surface area (Å²) in [5.74, 6) is -0.599. The number of hydrogen-bond donors (Lipinski definition) is 2. The Morgan fingerprint density at radius 3 is 2.46 bits per heavy atom. The van der Waals surface area contributed by atoms with E-state index in [-0.39, 0.29) is 24.1 Å². The Balaban J connectivity index is 1.55. The maximum absolute atomic E-state index is 12.4. The molecule has 1 aromatic carbocycles. The molecule has 0 radical (unpaired) electrons. The summed E-state index contributed by atoms with van der Waals surface area (Å²) in [4.78, 5) is 25.6. The van der Waals surface area contributed by atoms with E-state index in [1.54, 1.807) is 0 Å². The van der Waals surface area contributed by atoms with E-state index in [9.17, 15) is 14.7 Å². The maximum atomic E-state index is 12.4. The third-order valence-electron chi connectivity index (χ3n) is 5.11. The highest BCUT2D eigenvalue weighted by Gasteiger charge is 2.34. The van der Waals surface area contributed by atoms with Crippen LogP contribution in [0.2, 0.25) is 0 Å². The van der Waals surface area contributed by atoms with Crippen LogP contribution in [0.5, 0.6) is 0 Å². The van der Waals surface area contributed by atoms with Gasteiger partial charge in [0.05, 0.1) is 12.1 Å². The molecule has 128 valence electrons. The van der Waals surface area contributed by atoms with E-state index in [1.165, 1.54) is 10.5 Å². The maximum Gasteiger partial charge on any atom is 0.289 e. The lowest BCUT2D eigenvalue weighted by Gasteiger charge is -2.29. The van der Waals surface area contributed by atoms with Gasteiger partial charge in [-0.05, 0) is 44.1 Å². The van der Waals surface area contributed by atoms with Gasteiger partial charge in [0.25, 0.3) is 11.8 Å². The first-order chi connectivity index (χ1) is 11.6. The Hall–Kier alpha value is -2.30. The Labute approximate surface area is 142 Å². The van der Waals surface area contributed by atoms with Gasteiger partial charge in [0.15, 0.2) is 5.76 Å². The van der Waals surface area contributed by atoms with Crippen molar-refractivity contribution in [2.75, 3.05) is 13.1 Å². The summed E-state index contributed by atoms with van der Waals surface area (Å²) < 4.78 is 0. The lowest BCUT2D eigenvalue weighted by molar-refractivity contribution is -0.127. The summed E-state index contributed by atoms with van der Waals surface area (Å²) in [6, 6.07) is 10.6. The van der Waals surface area contributed by atoms with E-state index in [4.69, 9.17) is 0 Å². The van der Waals surface area contributed by atoms with Gasteiger partial charge in [-0.25, -0.2) is 0 Å². The molecule has 2 aliphatic rings. The topological polar surface area (TPSA) is 69.6 Å². The van der Waals surface area contributed by atoms with Crippen LogP contribution in [-0.4, -0.2) is 41.0 Å². The van der Waals surface area contributed by atoms with Crippen molar-refractivity contribution in [2.45, 2.75) is 44.6 Å². The van der Waals surface area contributed by atoms with Crippen LogP contribution in [-0.2, 0) is 9.59 Å². The normalized spacial score (nSPS) is 24.4. The number of rotatable bonds is 4. The summed E-state index contributed by atoms with van der Waals surface area (Å²) in [5.41, 5.74) is 1.56. The largest absolute Gasteiger partial charge is 0.503 e. The SMILES string of the molecule is CCN1CC(C(=O)N[C@H]2CC[C@@H](c3ccccc3)CC2)=C(O)C1=O. The average molecular weight is 328 g/mol. The molecule has 5 heteroatoms. The molecule has 0 aromatic heterocycles. The van der Waals surface area contributed by atoms with Crippen LogP contribution in [0.15, 0.2) is 41.7 Å². The molecule has 0 saturated heterocycles. The van der Waals surface area contributed by atoms with Gasteiger partial charge in [-0.1, -0.05) is 30.3 Å². The smallest absolute Gasteiger partial charge is 0.289 e. The Morgan fingerprint density at radius 2 is 1.88 bits per heavy atom. The number of carbonyl (C=O) groups is 2. The van der Waals surface area contributed by atoms with Gasteiger partial charge in [0.2, 0.25) is 0 Å². The molecule has 3 rings (SSSR count). The number of hydrogen-bond acceptors (Lipinski definition) is 3. The average Bonchev–Trinajstić information content (AvgIpc) is 2.91. The Kier molecular flexibility index (Phi) is 4.88. The molecule has 2 amide bonds. The molecule has 1 saturated carbocycles. The second-order valence-corrected chi connectivity index (χ2v) is 6.58. The van der Waals surface area contributed by atoms with Crippen LogP contribution in [0.3, 0.4) is 0 Å². The molecule has 0 bridgehead atoms. The van der Waals surface area contributed by atoms with Crippen LogP contribution in [0, 0.1) is 0 Å². The van der Waals surface area contributed by atoms with E-state index in [1.807, 2.05) is 13.0 Å². The van der Waals surface area contributed by atoms with Crippen molar-refractivity contribution in [3.05, 3.63) is 47.2 Å². The van der Waals surface area contributed by atoms with Gasteiger partial charge < -0.3 is 15.3 Å². The second kappa shape index (κ2) is 7.07. The zero-order chi connectivity index (χ0) is 17.1. The predicted octanol–water partition coefficient (Wildman–Crippen LogP) is 2.50. The van der Waals surface area contributed by atoms with Gasteiger partial charge in [-0.3, -0.25) is 9.59 Å². The standard InChI is InChI=1S/C19H24N2O3/c1-2-21-12-16(17(22)19(21)24)18(23)20-15-10-8-14(9-11-15)13-6-4-3-5-7-13/h3-7,14-15,22H,2,8-12H2,1H3,(H,20,23)/t14-,15+. The molecule has 2 N–H and O–H groups in total. The van der Waals surface area contributed by atoms with Crippen LogP contribution >= 0.6 is 0 Å². The van der Waals surface area contributed by atoms with Crippen molar-refractivity contribution < 1.29 is 14.7 Å². The van der Waals surface area contributed by atoms with Crippen LogP contribution in [0.4, 0.5) is 0 Å². The van der Waals surface area contributed by atoms with Gasteiger partial charge in [-0.15, -0.1) is 0 Å². The number of aliphatic hydroxyl groups is 1. The molecular weight excluding hydrogens is 304 g/mol. The number of amides is 2. The van der Waals surface area contributed by atoms with Crippen molar-refractivity contribution in [2.24, 2.45) is 0 Å². The van der Waals surface area contributed by atoms with Crippen molar-refractivity contribution in [1.29, 1.82) is 0 Å². The summed E-state index contributed by atoms with van der Waals surface area (Å²) in [6.45, 7) is 2.52. The van der Waals surface area contributed by atoms with Crippen molar-refractivity contribution in [1.82, 2.24) is 10.2 Å². The van der Waals surface area contributed by atoms with Crippen molar-refractivity contribution in [3.8, 4) is 0 Å². The van der Waals surface area contributed by atoms with E-state index in [0.717, 1.165) is 25.7 Å². The number of likely N-dealkylation sites (N-methyl/N-ethyl adjacent to an activating group) is 1. The molecule has 1 aliphatic heterocycles. The molecule has 1 aromatic rings. The summed E-state index contributed by atoms with van der Waals surface area (Å²) in [6.07, 6.45) is 3.93. The minimum atomic E-state index is -0.449. The fourth-order valence-electron chi connectivity index (χ4n) is 3.62.